The van der Waals surface area contributed by atoms with E-state index >= 15 is 0 Å². The Morgan fingerprint density at radius 1 is 1.56 bits per heavy atom. The number of nitrogens with zero attached hydrogens (tertiary/aromatic N) is 2. The fourth-order valence-corrected chi connectivity index (χ4v) is 2.64. The van der Waals surface area contributed by atoms with Crippen LogP contribution in [0.1, 0.15) is 24.5 Å². The number of carboxylic acid groups (broad SMARTS) is 1. The Labute approximate surface area is 109 Å². The van der Waals surface area contributed by atoms with Crippen molar-refractivity contribution < 1.29 is 9.90 Å². The molecule has 0 aliphatic rings. The molecule has 0 saturated heterocycles. The summed E-state index contributed by atoms with van der Waals surface area (Å²) in [6.45, 7) is 5.40. The number of hydrogen-bond donors (Lipinski definition) is 1. The van der Waals surface area contributed by atoms with E-state index in [9.17, 15) is 9.90 Å². The maximum atomic E-state index is 10.8. The van der Waals surface area contributed by atoms with E-state index in [2.05, 4.69) is 22.2 Å². The first-order valence-corrected chi connectivity index (χ1v) is 6.57. The van der Waals surface area contributed by atoms with E-state index in [0.29, 0.717) is 11.6 Å². The average Bonchev–Trinajstić information content (AvgIpc) is 2.71. The molecule has 18 heavy (non-hydrogen) atoms. The number of nitrogens with one attached hydrogen (secondary N) is 1. The molecule has 0 spiro atoms. The van der Waals surface area contributed by atoms with Gasteiger partial charge in [0.05, 0.1) is 17.4 Å². The number of anilines is 1. The summed E-state index contributed by atoms with van der Waals surface area (Å²) >= 11 is 1.61. The fraction of sp³-hybridized carbons (Fsp3) is 0.417. The number of carboxylic acids is 1. The standard InChI is InChI=1S/C12H15N3O2S/c1-4-8-5-9-10(13-6(2)12(16)17)14-7(3)15-11(9)18-8/h5-6H,4H2,1-3H3,(H,16,17)(H,13,14,15)/p-1/t6-/m1/s1. The van der Waals surface area contributed by atoms with Gasteiger partial charge in [0.25, 0.3) is 0 Å². The molecule has 2 heterocycles. The molecule has 2 aromatic heterocycles. The van der Waals surface area contributed by atoms with E-state index in [-0.39, 0.29) is 0 Å². The van der Waals surface area contributed by atoms with Gasteiger partial charge in [0.1, 0.15) is 16.5 Å². The predicted molar refractivity (Wildman–Crippen MR) is 69.6 cm³/mol. The van der Waals surface area contributed by atoms with Gasteiger partial charge in [-0.25, -0.2) is 9.97 Å². The normalized spacial score (nSPS) is 12.6. The van der Waals surface area contributed by atoms with E-state index in [1.165, 1.54) is 11.8 Å². The molecule has 2 rings (SSSR count). The van der Waals surface area contributed by atoms with Crippen molar-refractivity contribution in [3.63, 3.8) is 0 Å². The molecule has 0 aliphatic carbocycles. The number of hydrogen-bond acceptors (Lipinski definition) is 6. The molecular formula is C12H14N3O2S-. The van der Waals surface area contributed by atoms with Crippen molar-refractivity contribution in [2.75, 3.05) is 5.32 Å². The van der Waals surface area contributed by atoms with Crippen LogP contribution >= 0.6 is 11.3 Å². The Hall–Kier alpha value is -1.69. The van der Waals surface area contributed by atoms with Crippen molar-refractivity contribution in [3.05, 3.63) is 16.8 Å². The minimum atomic E-state index is -1.15. The van der Waals surface area contributed by atoms with Crippen LogP contribution in [0.2, 0.25) is 0 Å². The van der Waals surface area contributed by atoms with Gasteiger partial charge in [0, 0.05) is 4.88 Å². The molecule has 0 fully saturated rings. The number of aromatic nitrogens is 2. The van der Waals surface area contributed by atoms with Gasteiger partial charge in [-0.15, -0.1) is 11.3 Å². The van der Waals surface area contributed by atoms with Gasteiger partial charge in [0.2, 0.25) is 0 Å². The Kier molecular flexibility index (Phi) is 3.47. The number of aliphatic carboxylic acids is 1. The number of carbonyl (C=O) groups excluding carboxylic acids is 1. The third kappa shape index (κ3) is 2.43. The van der Waals surface area contributed by atoms with Crippen LogP contribution in [0.4, 0.5) is 5.82 Å². The van der Waals surface area contributed by atoms with E-state index in [1.54, 1.807) is 18.3 Å². The SMILES string of the molecule is CCc1cc2c(N[C@H](C)C(=O)[O-])nc(C)nc2s1. The zero-order valence-electron chi connectivity index (χ0n) is 10.5. The van der Waals surface area contributed by atoms with Crippen molar-refractivity contribution in [2.24, 2.45) is 0 Å². The molecular weight excluding hydrogens is 250 g/mol. The first-order valence-electron chi connectivity index (χ1n) is 5.75. The summed E-state index contributed by atoms with van der Waals surface area (Å²) in [5.74, 6) is 0.0376. The molecule has 0 saturated carbocycles. The first kappa shape index (κ1) is 12.8. The summed E-state index contributed by atoms with van der Waals surface area (Å²) in [6, 6.07) is 1.22. The Morgan fingerprint density at radius 3 is 2.89 bits per heavy atom. The molecule has 1 atom stereocenters. The minimum absolute atomic E-state index is 0.560. The monoisotopic (exact) mass is 264 g/mol. The molecule has 0 unspecified atom stereocenters. The summed E-state index contributed by atoms with van der Waals surface area (Å²) in [5.41, 5.74) is 0. The third-order valence-corrected chi connectivity index (χ3v) is 3.78. The maximum Gasteiger partial charge on any atom is 0.139 e. The average molecular weight is 264 g/mol. The Bertz CT molecular complexity index is 594. The smallest absolute Gasteiger partial charge is 0.139 e. The highest BCUT2D eigenvalue weighted by atomic mass is 32.1. The summed E-state index contributed by atoms with van der Waals surface area (Å²) in [6.07, 6.45) is 0.926. The van der Waals surface area contributed by atoms with Crippen LogP contribution in [-0.2, 0) is 11.2 Å². The predicted octanol–water partition coefficient (Wildman–Crippen LogP) is 1.11. The molecule has 2 aromatic rings. The van der Waals surface area contributed by atoms with Gasteiger partial charge >= 0.3 is 0 Å². The topological polar surface area (TPSA) is 77.9 Å². The molecule has 96 valence electrons. The lowest BCUT2D eigenvalue weighted by Gasteiger charge is -2.15. The van der Waals surface area contributed by atoms with Crippen molar-refractivity contribution in [2.45, 2.75) is 33.2 Å². The summed E-state index contributed by atoms with van der Waals surface area (Å²) in [4.78, 5) is 21.5. The van der Waals surface area contributed by atoms with Gasteiger partial charge in [-0.3, -0.25) is 0 Å². The van der Waals surface area contributed by atoms with Crippen LogP contribution in [-0.4, -0.2) is 22.0 Å². The highest BCUT2D eigenvalue weighted by molar-refractivity contribution is 7.18. The van der Waals surface area contributed by atoms with Gasteiger partial charge in [-0.05, 0) is 26.3 Å². The lowest BCUT2D eigenvalue weighted by molar-refractivity contribution is -0.306. The zero-order chi connectivity index (χ0) is 13.3. The van der Waals surface area contributed by atoms with Crippen molar-refractivity contribution in [3.8, 4) is 0 Å². The van der Waals surface area contributed by atoms with Crippen molar-refractivity contribution in [1.29, 1.82) is 0 Å². The highest BCUT2D eigenvalue weighted by Gasteiger charge is 2.12. The summed E-state index contributed by atoms with van der Waals surface area (Å²) in [5, 5.41) is 14.5. The molecule has 0 aromatic carbocycles. The zero-order valence-corrected chi connectivity index (χ0v) is 11.3. The number of aryl methyl sites for hydroxylation is 2. The number of carbonyl (C=O) groups is 1. The quantitative estimate of drug-likeness (QED) is 0.895. The fourth-order valence-electron chi connectivity index (χ4n) is 1.63. The molecule has 0 bridgehead atoms. The number of thiophene rings is 1. The first-order chi connectivity index (χ1) is 8.51. The second-order valence-electron chi connectivity index (χ2n) is 4.09. The van der Waals surface area contributed by atoms with Crippen LogP contribution in [0.3, 0.4) is 0 Å². The van der Waals surface area contributed by atoms with E-state index < -0.39 is 12.0 Å². The molecule has 0 amide bonds. The minimum Gasteiger partial charge on any atom is -0.548 e. The van der Waals surface area contributed by atoms with Crippen LogP contribution < -0.4 is 10.4 Å². The molecule has 0 radical (unpaired) electrons. The Morgan fingerprint density at radius 2 is 2.28 bits per heavy atom. The second kappa shape index (κ2) is 4.89. The van der Waals surface area contributed by atoms with Crippen LogP contribution in [0, 0.1) is 6.92 Å². The lowest BCUT2D eigenvalue weighted by atomic mass is 10.2. The van der Waals surface area contributed by atoms with Gasteiger partial charge < -0.3 is 15.2 Å². The lowest BCUT2D eigenvalue weighted by Crippen LogP contribution is -2.38. The molecule has 0 aliphatic heterocycles. The number of fused-ring (bicyclic) bond motifs is 1. The summed E-state index contributed by atoms with van der Waals surface area (Å²) < 4.78 is 0. The summed E-state index contributed by atoms with van der Waals surface area (Å²) in [7, 11) is 0. The van der Waals surface area contributed by atoms with Crippen LogP contribution in [0.25, 0.3) is 10.2 Å². The maximum absolute atomic E-state index is 10.8. The number of rotatable bonds is 4. The van der Waals surface area contributed by atoms with Crippen LogP contribution in [0.5, 0.6) is 0 Å². The van der Waals surface area contributed by atoms with Gasteiger partial charge in [0.15, 0.2) is 0 Å². The third-order valence-electron chi connectivity index (χ3n) is 2.61. The molecule has 5 nitrogen and oxygen atoms in total. The van der Waals surface area contributed by atoms with Crippen molar-refractivity contribution >= 4 is 33.3 Å². The Balaban J connectivity index is 2.47. The molecule has 1 N–H and O–H groups in total. The second-order valence-corrected chi connectivity index (χ2v) is 5.20. The van der Waals surface area contributed by atoms with E-state index in [4.69, 9.17) is 0 Å². The van der Waals surface area contributed by atoms with Gasteiger partial charge in [-0.2, -0.15) is 0 Å². The highest BCUT2D eigenvalue weighted by Crippen LogP contribution is 2.29. The van der Waals surface area contributed by atoms with E-state index in [0.717, 1.165) is 16.6 Å². The van der Waals surface area contributed by atoms with E-state index in [1.807, 2.05) is 6.07 Å². The molecule has 6 heteroatoms. The van der Waals surface area contributed by atoms with Crippen molar-refractivity contribution in [1.82, 2.24) is 9.97 Å². The van der Waals surface area contributed by atoms with Crippen LogP contribution in [0.15, 0.2) is 6.07 Å². The van der Waals surface area contributed by atoms with Gasteiger partial charge in [-0.1, -0.05) is 6.92 Å². The largest absolute Gasteiger partial charge is 0.548 e.